The fourth-order valence-corrected chi connectivity index (χ4v) is 4.79. The Labute approximate surface area is 209 Å². The van der Waals surface area contributed by atoms with Crippen molar-refractivity contribution in [3.63, 3.8) is 0 Å². The Balaban J connectivity index is 1.88. The van der Waals surface area contributed by atoms with Gasteiger partial charge in [0.1, 0.15) is 0 Å². The van der Waals surface area contributed by atoms with E-state index in [1.807, 2.05) is 38.1 Å². The van der Waals surface area contributed by atoms with E-state index in [0.717, 1.165) is 33.7 Å². The summed E-state index contributed by atoms with van der Waals surface area (Å²) in [6.45, 7) is 11.2. The predicted molar refractivity (Wildman–Crippen MR) is 138 cm³/mol. The number of nitrogens with one attached hydrogen (secondary N) is 1. The second kappa shape index (κ2) is 10.0. The van der Waals surface area contributed by atoms with E-state index in [0.29, 0.717) is 28.3 Å². The van der Waals surface area contributed by atoms with Crippen LogP contribution in [0.3, 0.4) is 0 Å². The molecule has 0 aliphatic carbocycles. The van der Waals surface area contributed by atoms with Gasteiger partial charge in [0.25, 0.3) is 0 Å². The summed E-state index contributed by atoms with van der Waals surface area (Å²) in [5, 5.41) is 12.1. The van der Waals surface area contributed by atoms with Crippen LogP contribution < -0.4 is 15.0 Å². The molecule has 1 aliphatic rings. The molecule has 2 aromatic carbocycles. The lowest BCUT2D eigenvalue weighted by Gasteiger charge is -2.31. The van der Waals surface area contributed by atoms with Gasteiger partial charge in [0, 0.05) is 36.4 Å². The molecule has 35 heavy (non-hydrogen) atoms. The van der Waals surface area contributed by atoms with Crippen LogP contribution in [0.15, 0.2) is 41.6 Å². The molecule has 0 saturated heterocycles. The third-order valence-corrected chi connectivity index (χ3v) is 6.70. The molecule has 1 aliphatic heterocycles. The first-order valence-corrected chi connectivity index (χ1v) is 12.5. The number of nitrogens with zero attached hydrogens (tertiary/aromatic N) is 4. The SMILES string of the molecule is CC(=O)Nc1ccc([C@@H]2Oc3nc(SCC(C)C)nnc3-c3cc(C)cc(C)c3N2C(C)=O)cc1. The number of carbonyl (C=O) groups excluding carboxylic acids is 2. The largest absolute Gasteiger partial charge is 0.447 e. The summed E-state index contributed by atoms with van der Waals surface area (Å²) in [4.78, 5) is 30.9. The van der Waals surface area contributed by atoms with Crippen molar-refractivity contribution >= 4 is 35.0 Å². The molecular formula is C26H29N5O3S. The van der Waals surface area contributed by atoms with Crippen molar-refractivity contribution in [2.75, 3.05) is 16.0 Å². The van der Waals surface area contributed by atoms with E-state index in [-0.39, 0.29) is 11.8 Å². The average molecular weight is 492 g/mol. The first-order valence-electron chi connectivity index (χ1n) is 11.5. The number of aryl methyl sites for hydroxylation is 2. The highest BCUT2D eigenvalue weighted by atomic mass is 32.2. The standard InChI is InChI=1S/C26H29N5O3S/c1-14(2)13-35-26-28-24-22(29-30-26)21-12-15(3)11-16(4)23(21)31(18(6)33)25(34-24)19-7-9-20(10-8-19)27-17(5)32/h7-12,14,25H,13H2,1-6H3,(H,27,32)/t25-/m0/s1. The summed E-state index contributed by atoms with van der Waals surface area (Å²) in [7, 11) is 0. The molecule has 0 radical (unpaired) electrons. The summed E-state index contributed by atoms with van der Waals surface area (Å²) in [5.74, 6) is 1.32. The molecule has 0 spiro atoms. The third-order valence-electron chi connectivity index (χ3n) is 5.44. The molecule has 0 saturated carbocycles. The maximum Gasteiger partial charge on any atom is 0.247 e. The smallest absolute Gasteiger partial charge is 0.247 e. The van der Waals surface area contributed by atoms with E-state index < -0.39 is 6.23 Å². The van der Waals surface area contributed by atoms with Crippen LogP contribution in [0.5, 0.6) is 5.88 Å². The van der Waals surface area contributed by atoms with Crippen LogP contribution in [0.25, 0.3) is 11.3 Å². The highest BCUT2D eigenvalue weighted by Crippen LogP contribution is 2.45. The van der Waals surface area contributed by atoms with Crippen LogP contribution in [-0.2, 0) is 9.59 Å². The van der Waals surface area contributed by atoms with Crippen molar-refractivity contribution in [3.8, 4) is 17.1 Å². The lowest BCUT2D eigenvalue weighted by Crippen LogP contribution is -2.36. The number of rotatable bonds is 5. The Morgan fingerprint density at radius 3 is 2.46 bits per heavy atom. The van der Waals surface area contributed by atoms with E-state index in [9.17, 15) is 9.59 Å². The van der Waals surface area contributed by atoms with E-state index in [4.69, 9.17) is 9.72 Å². The van der Waals surface area contributed by atoms with Crippen molar-refractivity contribution in [2.24, 2.45) is 5.92 Å². The number of hydrogen-bond acceptors (Lipinski definition) is 7. The predicted octanol–water partition coefficient (Wildman–Crippen LogP) is 5.31. The molecule has 182 valence electrons. The van der Waals surface area contributed by atoms with Gasteiger partial charge in [0.2, 0.25) is 29.1 Å². The number of anilines is 2. The molecule has 2 heterocycles. The van der Waals surface area contributed by atoms with E-state index in [2.05, 4.69) is 29.4 Å². The Morgan fingerprint density at radius 1 is 1.11 bits per heavy atom. The molecule has 9 heteroatoms. The van der Waals surface area contributed by atoms with Crippen molar-refractivity contribution in [1.82, 2.24) is 15.2 Å². The molecule has 1 aromatic heterocycles. The number of aromatic nitrogens is 3. The number of fused-ring (bicyclic) bond motifs is 3. The molecule has 1 N–H and O–H groups in total. The second-order valence-corrected chi connectivity index (χ2v) is 10.1. The van der Waals surface area contributed by atoms with Gasteiger partial charge in [0.15, 0.2) is 5.69 Å². The monoisotopic (exact) mass is 491 g/mol. The number of hydrogen-bond donors (Lipinski definition) is 1. The summed E-state index contributed by atoms with van der Waals surface area (Å²) >= 11 is 1.52. The molecule has 2 amide bonds. The minimum atomic E-state index is -0.778. The van der Waals surface area contributed by atoms with Crippen molar-refractivity contribution in [3.05, 3.63) is 53.1 Å². The Hall–Kier alpha value is -3.46. The fraction of sp³-hybridized carbons (Fsp3) is 0.346. The first kappa shape index (κ1) is 24.7. The summed E-state index contributed by atoms with van der Waals surface area (Å²) in [6.07, 6.45) is -0.778. The Bertz CT molecular complexity index is 1280. The zero-order valence-electron chi connectivity index (χ0n) is 20.7. The van der Waals surface area contributed by atoms with Crippen molar-refractivity contribution < 1.29 is 14.3 Å². The molecular weight excluding hydrogens is 462 g/mol. The lowest BCUT2D eigenvalue weighted by atomic mass is 10.00. The molecule has 3 aromatic rings. The molecule has 4 rings (SSSR count). The van der Waals surface area contributed by atoms with E-state index in [1.165, 1.54) is 25.6 Å². The molecule has 1 atom stereocenters. The molecule has 0 fully saturated rings. The number of benzene rings is 2. The van der Waals surface area contributed by atoms with Crippen LogP contribution in [0, 0.1) is 19.8 Å². The van der Waals surface area contributed by atoms with E-state index >= 15 is 0 Å². The van der Waals surface area contributed by atoms with Crippen LogP contribution in [0.1, 0.15) is 50.6 Å². The summed E-state index contributed by atoms with van der Waals surface area (Å²) in [6, 6.07) is 11.3. The van der Waals surface area contributed by atoms with E-state index in [1.54, 1.807) is 17.0 Å². The maximum atomic E-state index is 13.1. The van der Waals surface area contributed by atoms with Gasteiger partial charge in [0.05, 0.1) is 5.69 Å². The van der Waals surface area contributed by atoms with Crippen LogP contribution in [0.2, 0.25) is 0 Å². The normalized spacial score (nSPS) is 14.6. The molecule has 0 unspecified atom stereocenters. The highest BCUT2D eigenvalue weighted by Gasteiger charge is 2.35. The van der Waals surface area contributed by atoms with Crippen molar-refractivity contribution in [1.29, 1.82) is 0 Å². The van der Waals surface area contributed by atoms with Gasteiger partial charge >= 0.3 is 0 Å². The lowest BCUT2D eigenvalue weighted by molar-refractivity contribution is -0.118. The minimum absolute atomic E-state index is 0.156. The zero-order valence-corrected chi connectivity index (χ0v) is 21.6. The van der Waals surface area contributed by atoms with Crippen LogP contribution >= 0.6 is 11.8 Å². The Kier molecular flexibility index (Phi) is 7.07. The number of thioether (sulfide) groups is 1. The fourth-order valence-electron chi connectivity index (χ4n) is 4.06. The van der Waals surface area contributed by atoms with Gasteiger partial charge in [-0.05, 0) is 43.5 Å². The second-order valence-electron chi connectivity index (χ2n) is 9.09. The van der Waals surface area contributed by atoms with Crippen molar-refractivity contribution in [2.45, 2.75) is 52.9 Å². The maximum absolute atomic E-state index is 13.1. The van der Waals surface area contributed by atoms with Gasteiger partial charge in [-0.3, -0.25) is 14.5 Å². The highest BCUT2D eigenvalue weighted by molar-refractivity contribution is 7.99. The minimum Gasteiger partial charge on any atom is -0.447 e. The third kappa shape index (κ3) is 5.30. The topological polar surface area (TPSA) is 97.3 Å². The van der Waals surface area contributed by atoms with Gasteiger partial charge in [-0.25, -0.2) is 0 Å². The quantitative estimate of drug-likeness (QED) is 0.483. The summed E-state index contributed by atoms with van der Waals surface area (Å²) < 4.78 is 6.45. The molecule has 8 nitrogen and oxygen atoms in total. The van der Waals surface area contributed by atoms with Gasteiger partial charge in [-0.2, -0.15) is 4.98 Å². The van der Waals surface area contributed by atoms with Gasteiger partial charge < -0.3 is 10.1 Å². The Morgan fingerprint density at radius 2 is 1.83 bits per heavy atom. The summed E-state index contributed by atoms with van der Waals surface area (Å²) in [5.41, 5.74) is 5.34. The van der Waals surface area contributed by atoms with Crippen LogP contribution in [0.4, 0.5) is 11.4 Å². The average Bonchev–Trinajstić information content (AvgIpc) is 2.92. The molecule has 0 bridgehead atoms. The number of amides is 2. The van der Waals surface area contributed by atoms with Gasteiger partial charge in [-0.1, -0.05) is 49.4 Å². The zero-order chi connectivity index (χ0) is 25.3. The first-order chi connectivity index (χ1) is 16.6. The number of carbonyl (C=O) groups is 2. The number of ether oxygens (including phenoxy) is 1. The van der Waals surface area contributed by atoms with Gasteiger partial charge in [-0.15, -0.1) is 10.2 Å². The van der Waals surface area contributed by atoms with Crippen LogP contribution in [-0.4, -0.2) is 32.7 Å².